The molecule has 0 unspecified atom stereocenters. The first-order chi connectivity index (χ1) is 11.6. The molecule has 2 aromatic rings. The molecular weight excluding hydrogens is 300 g/mol. The van der Waals surface area contributed by atoms with Gasteiger partial charge in [0.1, 0.15) is 0 Å². The van der Waals surface area contributed by atoms with Crippen molar-refractivity contribution in [3.63, 3.8) is 0 Å². The van der Waals surface area contributed by atoms with Gasteiger partial charge in [0.2, 0.25) is 0 Å². The van der Waals surface area contributed by atoms with Crippen LogP contribution in [0.3, 0.4) is 0 Å². The summed E-state index contributed by atoms with van der Waals surface area (Å²) >= 11 is 0. The lowest BCUT2D eigenvalue weighted by molar-refractivity contribution is 0.0286. The number of aromatic nitrogens is 1. The van der Waals surface area contributed by atoms with E-state index in [9.17, 15) is 9.90 Å². The molecule has 2 fully saturated rings. The summed E-state index contributed by atoms with van der Waals surface area (Å²) in [6.07, 6.45) is 3.16. The number of carbonyl (C=O) groups is 1. The number of rotatable bonds is 2. The van der Waals surface area contributed by atoms with Crippen LogP contribution in [0.5, 0.6) is 0 Å². The minimum absolute atomic E-state index is 0.0685. The zero-order valence-electron chi connectivity index (χ0n) is 13.9. The molecule has 4 heteroatoms. The maximum Gasteiger partial charge on any atom is 0.256 e. The van der Waals surface area contributed by atoms with Crippen LogP contribution in [0.25, 0.3) is 11.3 Å². The van der Waals surface area contributed by atoms with Gasteiger partial charge in [-0.1, -0.05) is 30.3 Å². The Morgan fingerprint density at radius 3 is 2.38 bits per heavy atom. The zero-order chi connectivity index (χ0) is 16.7. The van der Waals surface area contributed by atoms with Gasteiger partial charge in [-0.3, -0.25) is 9.78 Å². The van der Waals surface area contributed by atoms with Crippen LogP contribution in [0, 0.1) is 6.92 Å². The van der Waals surface area contributed by atoms with Gasteiger partial charge in [-0.05, 0) is 44.7 Å². The minimum atomic E-state index is -0.258. The number of fused-ring (bicyclic) bond motifs is 2. The van der Waals surface area contributed by atoms with Crippen molar-refractivity contribution in [2.75, 3.05) is 0 Å². The van der Waals surface area contributed by atoms with Crippen LogP contribution < -0.4 is 0 Å². The summed E-state index contributed by atoms with van der Waals surface area (Å²) in [6.45, 7) is 1.90. The predicted molar refractivity (Wildman–Crippen MR) is 92.6 cm³/mol. The molecule has 2 aliphatic rings. The van der Waals surface area contributed by atoms with Crippen LogP contribution in [0.4, 0.5) is 0 Å². The maximum atomic E-state index is 13.0. The summed E-state index contributed by atoms with van der Waals surface area (Å²) in [7, 11) is 0. The fraction of sp³-hybridized carbons (Fsp3) is 0.400. The Bertz CT molecular complexity index is 745. The molecule has 0 saturated carbocycles. The van der Waals surface area contributed by atoms with E-state index in [2.05, 4.69) is 4.98 Å². The third-order valence-electron chi connectivity index (χ3n) is 5.33. The average molecular weight is 322 g/mol. The molecule has 0 radical (unpaired) electrons. The van der Waals surface area contributed by atoms with E-state index in [1.54, 1.807) is 0 Å². The van der Waals surface area contributed by atoms with Gasteiger partial charge in [0, 0.05) is 17.6 Å². The summed E-state index contributed by atoms with van der Waals surface area (Å²) < 4.78 is 0. The molecular formula is C20H22N2O2. The van der Waals surface area contributed by atoms with Gasteiger partial charge in [-0.2, -0.15) is 0 Å². The average Bonchev–Trinajstić information content (AvgIpc) is 2.86. The lowest BCUT2D eigenvalue weighted by atomic mass is 9.98. The van der Waals surface area contributed by atoms with E-state index in [4.69, 9.17) is 0 Å². The summed E-state index contributed by atoms with van der Waals surface area (Å²) in [4.78, 5) is 19.7. The molecule has 1 aromatic heterocycles. The number of aliphatic hydroxyl groups is 1. The molecule has 1 N–H and O–H groups in total. The van der Waals surface area contributed by atoms with E-state index in [0.717, 1.165) is 29.8 Å². The van der Waals surface area contributed by atoms with Gasteiger partial charge in [0.05, 0.1) is 23.1 Å². The number of aryl methyl sites for hydroxylation is 1. The Morgan fingerprint density at radius 2 is 1.75 bits per heavy atom. The van der Waals surface area contributed by atoms with E-state index in [1.165, 1.54) is 0 Å². The van der Waals surface area contributed by atoms with Crippen LogP contribution in [0.2, 0.25) is 0 Å². The second-order valence-corrected chi connectivity index (χ2v) is 6.92. The van der Waals surface area contributed by atoms with Crippen molar-refractivity contribution >= 4 is 5.91 Å². The van der Waals surface area contributed by atoms with Crippen LogP contribution in [0.15, 0.2) is 42.5 Å². The SMILES string of the molecule is Cc1nc(-c2ccccc2)ccc1C(=O)N1[C@H]2CC[C@H]1CC(O)C2. The number of benzene rings is 1. The van der Waals surface area contributed by atoms with E-state index in [0.29, 0.717) is 18.4 Å². The van der Waals surface area contributed by atoms with Crippen molar-refractivity contribution in [2.24, 2.45) is 0 Å². The molecule has 4 nitrogen and oxygen atoms in total. The first-order valence-electron chi connectivity index (χ1n) is 8.67. The largest absolute Gasteiger partial charge is 0.393 e. The second-order valence-electron chi connectivity index (χ2n) is 6.92. The van der Waals surface area contributed by atoms with Crippen LogP contribution in [-0.4, -0.2) is 39.1 Å². The smallest absolute Gasteiger partial charge is 0.256 e. The number of pyridine rings is 1. The van der Waals surface area contributed by atoms with Crippen LogP contribution in [-0.2, 0) is 0 Å². The molecule has 24 heavy (non-hydrogen) atoms. The van der Waals surface area contributed by atoms with Gasteiger partial charge in [0.15, 0.2) is 0 Å². The molecule has 1 amide bonds. The van der Waals surface area contributed by atoms with E-state index >= 15 is 0 Å². The number of hydrogen-bond acceptors (Lipinski definition) is 3. The molecule has 2 saturated heterocycles. The van der Waals surface area contributed by atoms with Crippen molar-refractivity contribution in [1.82, 2.24) is 9.88 Å². The maximum absolute atomic E-state index is 13.0. The van der Waals surface area contributed by atoms with Crippen molar-refractivity contribution in [3.8, 4) is 11.3 Å². The van der Waals surface area contributed by atoms with Gasteiger partial charge >= 0.3 is 0 Å². The standard InChI is InChI=1S/C20H22N2O2/c1-13-18(9-10-19(21-13)14-5-3-2-4-6-14)20(24)22-15-7-8-16(22)12-17(23)11-15/h2-6,9-10,15-17,23H,7-8,11-12H2,1H3/t15-,16-/m0/s1. The summed E-state index contributed by atoms with van der Waals surface area (Å²) in [5.41, 5.74) is 3.40. The van der Waals surface area contributed by atoms with E-state index < -0.39 is 0 Å². The number of piperidine rings is 1. The monoisotopic (exact) mass is 322 g/mol. The summed E-state index contributed by atoms with van der Waals surface area (Å²) in [5, 5.41) is 9.93. The Kier molecular flexibility index (Phi) is 3.85. The quantitative estimate of drug-likeness (QED) is 0.924. The van der Waals surface area contributed by atoms with E-state index in [1.807, 2.05) is 54.3 Å². The highest BCUT2D eigenvalue weighted by Gasteiger charge is 2.43. The van der Waals surface area contributed by atoms with Crippen LogP contribution in [0.1, 0.15) is 41.7 Å². The molecule has 2 aliphatic heterocycles. The minimum Gasteiger partial charge on any atom is -0.393 e. The lowest BCUT2D eigenvalue weighted by Gasteiger charge is -2.37. The van der Waals surface area contributed by atoms with Crippen molar-refractivity contribution in [2.45, 2.75) is 50.8 Å². The van der Waals surface area contributed by atoms with Gasteiger partial charge in [0.25, 0.3) is 5.91 Å². The Morgan fingerprint density at radius 1 is 1.08 bits per heavy atom. The fourth-order valence-corrected chi connectivity index (χ4v) is 4.18. The molecule has 2 atom stereocenters. The van der Waals surface area contributed by atoms with E-state index in [-0.39, 0.29) is 24.1 Å². The molecule has 1 aromatic carbocycles. The van der Waals surface area contributed by atoms with Crippen LogP contribution >= 0.6 is 0 Å². The highest BCUT2D eigenvalue weighted by Crippen LogP contribution is 2.37. The number of nitrogens with zero attached hydrogens (tertiary/aromatic N) is 2. The lowest BCUT2D eigenvalue weighted by Crippen LogP contribution is -2.48. The molecule has 0 spiro atoms. The first kappa shape index (κ1) is 15.3. The molecule has 124 valence electrons. The number of aliphatic hydroxyl groups excluding tert-OH is 1. The fourth-order valence-electron chi connectivity index (χ4n) is 4.18. The third kappa shape index (κ3) is 2.61. The number of carbonyl (C=O) groups excluding carboxylic acids is 1. The Labute approximate surface area is 142 Å². The topological polar surface area (TPSA) is 53.4 Å². The van der Waals surface area contributed by atoms with Gasteiger partial charge in [-0.15, -0.1) is 0 Å². The Balaban J connectivity index is 1.62. The van der Waals surface area contributed by atoms with Crippen molar-refractivity contribution in [1.29, 1.82) is 0 Å². The molecule has 0 aliphatic carbocycles. The molecule has 3 heterocycles. The Hall–Kier alpha value is -2.20. The highest BCUT2D eigenvalue weighted by atomic mass is 16.3. The predicted octanol–water partition coefficient (Wildman–Crippen LogP) is 3.18. The van der Waals surface area contributed by atoms with Crippen molar-refractivity contribution < 1.29 is 9.90 Å². The molecule has 2 bridgehead atoms. The van der Waals surface area contributed by atoms with Gasteiger partial charge < -0.3 is 10.0 Å². The first-order valence-corrected chi connectivity index (χ1v) is 8.67. The number of amides is 1. The van der Waals surface area contributed by atoms with Crippen molar-refractivity contribution in [3.05, 3.63) is 53.7 Å². The highest BCUT2D eigenvalue weighted by molar-refractivity contribution is 5.96. The summed E-state index contributed by atoms with van der Waals surface area (Å²) in [5.74, 6) is 0.0685. The second kappa shape index (κ2) is 6.02. The number of hydrogen-bond donors (Lipinski definition) is 1. The molecule has 4 rings (SSSR count). The summed E-state index contributed by atoms with van der Waals surface area (Å²) in [6, 6.07) is 14.2. The normalized spacial score (nSPS) is 25.8. The van der Waals surface area contributed by atoms with Gasteiger partial charge in [-0.25, -0.2) is 0 Å². The third-order valence-corrected chi connectivity index (χ3v) is 5.33. The zero-order valence-corrected chi connectivity index (χ0v) is 13.9.